The van der Waals surface area contributed by atoms with Crippen LogP contribution in [0.5, 0.6) is 0 Å². The maximum absolute atomic E-state index is 13.7. The zero-order valence-corrected chi connectivity index (χ0v) is 13.4. The quantitative estimate of drug-likeness (QED) is 0.676. The van der Waals surface area contributed by atoms with Gasteiger partial charge in [-0.1, -0.05) is 42.5 Å². The van der Waals surface area contributed by atoms with E-state index in [1.165, 1.54) is 17.8 Å². The molecule has 0 radical (unpaired) electrons. The molecule has 2 nitrogen and oxygen atoms in total. The molecular formula is C19H16FNOS. The summed E-state index contributed by atoms with van der Waals surface area (Å²) in [7, 11) is 0. The molecule has 0 saturated heterocycles. The van der Waals surface area contributed by atoms with Gasteiger partial charge in [-0.3, -0.25) is 4.79 Å². The van der Waals surface area contributed by atoms with Crippen LogP contribution in [0.2, 0.25) is 0 Å². The third kappa shape index (κ3) is 3.71. The summed E-state index contributed by atoms with van der Waals surface area (Å²) < 4.78 is 13.7. The SMILES string of the molecule is C[C@@H](Sc1ccccc1F)C(=O)Nc1ccc2ccccc2c1. The Hall–Kier alpha value is -2.33. The molecule has 3 rings (SSSR count). The van der Waals surface area contributed by atoms with Gasteiger partial charge in [-0.05, 0) is 42.0 Å². The van der Waals surface area contributed by atoms with Crippen molar-refractivity contribution in [3.63, 3.8) is 0 Å². The Morgan fingerprint density at radius 3 is 2.48 bits per heavy atom. The van der Waals surface area contributed by atoms with Gasteiger partial charge in [-0.15, -0.1) is 11.8 Å². The average Bonchev–Trinajstić information content (AvgIpc) is 2.56. The third-order valence-corrected chi connectivity index (χ3v) is 4.68. The van der Waals surface area contributed by atoms with Crippen molar-refractivity contribution in [2.75, 3.05) is 5.32 Å². The monoisotopic (exact) mass is 325 g/mol. The van der Waals surface area contributed by atoms with Crippen LogP contribution < -0.4 is 5.32 Å². The van der Waals surface area contributed by atoms with E-state index in [4.69, 9.17) is 0 Å². The second kappa shape index (κ2) is 6.84. The van der Waals surface area contributed by atoms with Crippen LogP contribution in [0, 0.1) is 5.82 Å². The lowest BCUT2D eigenvalue weighted by Crippen LogP contribution is -2.22. The number of hydrogen-bond acceptors (Lipinski definition) is 2. The van der Waals surface area contributed by atoms with Gasteiger partial charge in [0.15, 0.2) is 0 Å². The highest BCUT2D eigenvalue weighted by Crippen LogP contribution is 2.27. The number of nitrogens with one attached hydrogen (secondary N) is 1. The first kappa shape index (κ1) is 15.6. The lowest BCUT2D eigenvalue weighted by molar-refractivity contribution is -0.115. The highest BCUT2D eigenvalue weighted by molar-refractivity contribution is 8.00. The van der Waals surface area contributed by atoms with Crippen LogP contribution in [0.4, 0.5) is 10.1 Å². The summed E-state index contributed by atoms with van der Waals surface area (Å²) in [5.74, 6) is -0.448. The molecular weight excluding hydrogens is 309 g/mol. The summed E-state index contributed by atoms with van der Waals surface area (Å²) in [5, 5.41) is 4.69. The fourth-order valence-electron chi connectivity index (χ4n) is 2.30. The van der Waals surface area contributed by atoms with E-state index >= 15 is 0 Å². The molecule has 1 atom stereocenters. The smallest absolute Gasteiger partial charge is 0.237 e. The molecule has 0 bridgehead atoms. The fraction of sp³-hybridized carbons (Fsp3) is 0.105. The van der Waals surface area contributed by atoms with Gasteiger partial charge in [0.2, 0.25) is 5.91 Å². The van der Waals surface area contributed by atoms with E-state index in [0.717, 1.165) is 16.5 Å². The summed E-state index contributed by atoms with van der Waals surface area (Å²) in [6, 6.07) is 20.2. The minimum absolute atomic E-state index is 0.145. The van der Waals surface area contributed by atoms with Gasteiger partial charge in [0.1, 0.15) is 5.82 Å². The van der Waals surface area contributed by atoms with Gasteiger partial charge in [0, 0.05) is 10.6 Å². The molecule has 0 heterocycles. The van der Waals surface area contributed by atoms with Crippen LogP contribution >= 0.6 is 11.8 Å². The third-order valence-electron chi connectivity index (χ3n) is 3.53. The first-order chi connectivity index (χ1) is 11.1. The molecule has 23 heavy (non-hydrogen) atoms. The molecule has 0 aliphatic rings. The molecule has 0 aliphatic heterocycles. The summed E-state index contributed by atoms with van der Waals surface area (Å²) in [4.78, 5) is 12.8. The molecule has 1 N–H and O–H groups in total. The molecule has 0 aromatic heterocycles. The molecule has 116 valence electrons. The molecule has 1 amide bonds. The number of fused-ring (bicyclic) bond motifs is 1. The van der Waals surface area contributed by atoms with Crippen LogP contribution in [-0.4, -0.2) is 11.2 Å². The van der Waals surface area contributed by atoms with Crippen molar-refractivity contribution in [3.05, 3.63) is 72.5 Å². The number of halogens is 1. The fourth-order valence-corrected chi connectivity index (χ4v) is 3.18. The van der Waals surface area contributed by atoms with E-state index in [1.54, 1.807) is 25.1 Å². The second-order valence-corrected chi connectivity index (χ2v) is 6.62. The van der Waals surface area contributed by atoms with Gasteiger partial charge in [-0.25, -0.2) is 4.39 Å². The molecule has 0 aliphatic carbocycles. The lowest BCUT2D eigenvalue weighted by atomic mass is 10.1. The zero-order chi connectivity index (χ0) is 16.2. The molecule has 3 aromatic rings. The molecule has 4 heteroatoms. The number of benzene rings is 3. The average molecular weight is 325 g/mol. The number of rotatable bonds is 4. The van der Waals surface area contributed by atoms with Gasteiger partial charge < -0.3 is 5.32 Å². The topological polar surface area (TPSA) is 29.1 Å². The van der Waals surface area contributed by atoms with Crippen molar-refractivity contribution in [1.29, 1.82) is 0 Å². The highest BCUT2D eigenvalue weighted by atomic mass is 32.2. The second-order valence-electron chi connectivity index (χ2n) is 5.24. The summed E-state index contributed by atoms with van der Waals surface area (Å²) >= 11 is 1.21. The van der Waals surface area contributed by atoms with E-state index in [1.807, 2.05) is 42.5 Å². The molecule has 0 spiro atoms. The van der Waals surface area contributed by atoms with Gasteiger partial charge in [0.05, 0.1) is 5.25 Å². The van der Waals surface area contributed by atoms with Crippen LogP contribution in [0.25, 0.3) is 10.8 Å². The molecule has 0 fully saturated rings. The first-order valence-electron chi connectivity index (χ1n) is 7.34. The minimum atomic E-state index is -0.390. The predicted molar refractivity (Wildman–Crippen MR) is 94.3 cm³/mol. The molecule has 0 unspecified atom stereocenters. The Balaban J connectivity index is 1.71. The first-order valence-corrected chi connectivity index (χ1v) is 8.22. The Bertz CT molecular complexity index is 849. The Morgan fingerprint density at radius 2 is 1.70 bits per heavy atom. The number of carbonyl (C=O) groups is 1. The predicted octanol–water partition coefficient (Wildman–Crippen LogP) is 5.10. The lowest BCUT2D eigenvalue weighted by Gasteiger charge is -2.13. The number of amides is 1. The number of anilines is 1. The van der Waals surface area contributed by atoms with Crippen LogP contribution in [-0.2, 0) is 4.79 Å². The van der Waals surface area contributed by atoms with E-state index in [9.17, 15) is 9.18 Å². The number of carbonyl (C=O) groups excluding carboxylic acids is 1. The normalized spacial score (nSPS) is 12.1. The Kier molecular flexibility index (Phi) is 4.63. The summed E-state index contributed by atoms with van der Waals surface area (Å²) in [6.45, 7) is 1.77. The van der Waals surface area contributed by atoms with Crippen LogP contribution in [0.3, 0.4) is 0 Å². The van der Waals surface area contributed by atoms with E-state index in [-0.39, 0.29) is 11.7 Å². The van der Waals surface area contributed by atoms with Crippen molar-refractivity contribution in [2.24, 2.45) is 0 Å². The van der Waals surface area contributed by atoms with Gasteiger partial charge in [-0.2, -0.15) is 0 Å². The summed E-state index contributed by atoms with van der Waals surface area (Å²) in [6.07, 6.45) is 0. The van der Waals surface area contributed by atoms with Crippen LogP contribution in [0.1, 0.15) is 6.92 Å². The van der Waals surface area contributed by atoms with Crippen LogP contribution in [0.15, 0.2) is 71.6 Å². The molecule has 3 aromatic carbocycles. The van der Waals surface area contributed by atoms with Gasteiger partial charge >= 0.3 is 0 Å². The van der Waals surface area contributed by atoms with Crippen molar-refractivity contribution in [1.82, 2.24) is 0 Å². The van der Waals surface area contributed by atoms with E-state index < -0.39 is 5.25 Å². The Morgan fingerprint density at radius 1 is 1.00 bits per heavy atom. The minimum Gasteiger partial charge on any atom is -0.325 e. The zero-order valence-electron chi connectivity index (χ0n) is 12.6. The van der Waals surface area contributed by atoms with Crippen molar-refractivity contribution < 1.29 is 9.18 Å². The van der Waals surface area contributed by atoms with E-state index in [0.29, 0.717) is 4.90 Å². The van der Waals surface area contributed by atoms with Gasteiger partial charge in [0.25, 0.3) is 0 Å². The largest absolute Gasteiger partial charge is 0.325 e. The van der Waals surface area contributed by atoms with Crippen molar-refractivity contribution in [3.8, 4) is 0 Å². The maximum atomic E-state index is 13.7. The standard InChI is InChI=1S/C19H16FNOS/c1-13(23-18-9-5-4-8-17(18)20)19(22)21-16-11-10-14-6-2-3-7-15(14)12-16/h2-13H,1H3,(H,21,22)/t13-/m1/s1. The number of thioether (sulfide) groups is 1. The maximum Gasteiger partial charge on any atom is 0.237 e. The van der Waals surface area contributed by atoms with Crippen molar-refractivity contribution >= 4 is 34.1 Å². The van der Waals surface area contributed by atoms with Crippen molar-refractivity contribution in [2.45, 2.75) is 17.1 Å². The highest BCUT2D eigenvalue weighted by Gasteiger charge is 2.16. The Labute approximate surface area is 138 Å². The molecule has 0 saturated carbocycles. The van der Waals surface area contributed by atoms with E-state index in [2.05, 4.69) is 5.32 Å². The number of hydrogen-bond donors (Lipinski definition) is 1. The summed E-state index contributed by atoms with van der Waals surface area (Å²) in [5.41, 5.74) is 0.745.